The SMILES string of the molecule is CC1(C)CCc2ncnc(N3CCOc4ccc(-c5cnc(C#N)c(NS(C)(=O)=O)c5)cc4C3)c2C1. The van der Waals surface area contributed by atoms with Gasteiger partial charge in [-0.05, 0) is 48.4 Å². The highest BCUT2D eigenvalue weighted by molar-refractivity contribution is 7.92. The van der Waals surface area contributed by atoms with E-state index in [-0.39, 0.29) is 16.8 Å². The summed E-state index contributed by atoms with van der Waals surface area (Å²) in [4.78, 5) is 15.7. The number of hydrogen-bond acceptors (Lipinski definition) is 8. The molecule has 186 valence electrons. The maximum atomic E-state index is 11.8. The first-order chi connectivity index (χ1) is 17.1. The van der Waals surface area contributed by atoms with Gasteiger partial charge in [0.15, 0.2) is 5.69 Å². The Hall–Kier alpha value is -3.71. The smallest absolute Gasteiger partial charge is 0.229 e. The number of rotatable bonds is 4. The normalized spacial score (nSPS) is 16.7. The number of aryl methyl sites for hydroxylation is 1. The lowest BCUT2D eigenvalue weighted by Gasteiger charge is -2.33. The molecule has 1 aliphatic carbocycles. The summed E-state index contributed by atoms with van der Waals surface area (Å²) in [5.41, 5.74) is 5.27. The highest BCUT2D eigenvalue weighted by Gasteiger charge is 2.30. The summed E-state index contributed by atoms with van der Waals surface area (Å²) in [6.07, 6.45) is 7.29. The first-order valence-corrected chi connectivity index (χ1v) is 13.7. The minimum Gasteiger partial charge on any atom is -0.491 e. The Bertz CT molecular complexity index is 1480. The molecule has 0 amide bonds. The number of aromatic nitrogens is 3. The van der Waals surface area contributed by atoms with E-state index in [0.29, 0.717) is 25.3 Å². The average molecular weight is 505 g/mol. The van der Waals surface area contributed by atoms with Crippen LogP contribution in [0.15, 0.2) is 36.8 Å². The molecule has 1 aliphatic heterocycles. The van der Waals surface area contributed by atoms with E-state index in [4.69, 9.17) is 9.72 Å². The molecular weight excluding hydrogens is 476 g/mol. The molecule has 1 aromatic carbocycles. The number of pyridine rings is 1. The molecule has 0 fully saturated rings. The van der Waals surface area contributed by atoms with E-state index in [9.17, 15) is 13.7 Å². The number of fused-ring (bicyclic) bond motifs is 2. The number of nitrogens with zero attached hydrogens (tertiary/aromatic N) is 5. The lowest BCUT2D eigenvalue weighted by Crippen LogP contribution is -2.31. The lowest BCUT2D eigenvalue weighted by molar-refractivity contribution is 0.310. The molecule has 36 heavy (non-hydrogen) atoms. The van der Waals surface area contributed by atoms with Gasteiger partial charge >= 0.3 is 0 Å². The van der Waals surface area contributed by atoms with Crippen molar-refractivity contribution in [2.45, 2.75) is 39.7 Å². The van der Waals surface area contributed by atoms with Crippen LogP contribution in [0.25, 0.3) is 11.1 Å². The molecule has 9 nitrogen and oxygen atoms in total. The fraction of sp³-hybridized carbons (Fsp3) is 0.385. The molecule has 0 bridgehead atoms. The van der Waals surface area contributed by atoms with Gasteiger partial charge in [-0.3, -0.25) is 4.72 Å². The quantitative estimate of drug-likeness (QED) is 0.571. The fourth-order valence-corrected chi connectivity index (χ4v) is 5.43. The van der Waals surface area contributed by atoms with Crippen molar-refractivity contribution in [3.8, 4) is 22.9 Å². The number of hydrogen-bond donors (Lipinski definition) is 1. The van der Waals surface area contributed by atoms with Gasteiger partial charge in [-0.2, -0.15) is 5.26 Å². The van der Waals surface area contributed by atoms with Crippen molar-refractivity contribution in [2.24, 2.45) is 5.41 Å². The molecule has 0 saturated heterocycles. The van der Waals surface area contributed by atoms with Crippen molar-refractivity contribution in [1.29, 1.82) is 5.26 Å². The lowest BCUT2D eigenvalue weighted by atomic mass is 9.76. The third-order valence-electron chi connectivity index (χ3n) is 6.67. The number of benzene rings is 1. The maximum Gasteiger partial charge on any atom is 0.229 e. The summed E-state index contributed by atoms with van der Waals surface area (Å²) in [5.74, 6) is 1.77. The van der Waals surface area contributed by atoms with Crippen LogP contribution in [-0.4, -0.2) is 42.8 Å². The topological polar surface area (TPSA) is 121 Å². The van der Waals surface area contributed by atoms with Gasteiger partial charge in [-0.25, -0.2) is 23.4 Å². The molecule has 0 saturated carbocycles. The zero-order valence-corrected chi connectivity index (χ0v) is 21.4. The summed E-state index contributed by atoms with van der Waals surface area (Å²) in [5, 5.41) is 9.34. The predicted molar refractivity (Wildman–Crippen MR) is 137 cm³/mol. The minimum atomic E-state index is -3.56. The van der Waals surface area contributed by atoms with Crippen molar-refractivity contribution >= 4 is 21.5 Å². The van der Waals surface area contributed by atoms with Gasteiger partial charge in [-0.1, -0.05) is 19.9 Å². The summed E-state index contributed by atoms with van der Waals surface area (Å²) < 4.78 is 32.0. The first kappa shape index (κ1) is 24.0. The third kappa shape index (κ3) is 4.97. The molecule has 0 atom stereocenters. The summed E-state index contributed by atoms with van der Waals surface area (Å²) in [6, 6.07) is 9.43. The molecule has 3 aromatic rings. The van der Waals surface area contributed by atoms with E-state index in [1.165, 1.54) is 5.56 Å². The van der Waals surface area contributed by atoms with Gasteiger partial charge in [0.25, 0.3) is 0 Å². The van der Waals surface area contributed by atoms with E-state index < -0.39 is 10.0 Å². The average Bonchev–Trinajstić information content (AvgIpc) is 3.04. The van der Waals surface area contributed by atoms with Gasteiger partial charge in [-0.15, -0.1) is 0 Å². The summed E-state index contributed by atoms with van der Waals surface area (Å²) >= 11 is 0. The fourth-order valence-electron chi connectivity index (χ4n) is 4.87. The molecule has 0 unspecified atom stereocenters. The van der Waals surface area contributed by atoms with Crippen LogP contribution < -0.4 is 14.4 Å². The van der Waals surface area contributed by atoms with Crippen LogP contribution in [-0.2, 0) is 29.4 Å². The first-order valence-electron chi connectivity index (χ1n) is 11.8. The number of ether oxygens (including phenoxy) is 1. The van der Waals surface area contributed by atoms with Crippen LogP contribution >= 0.6 is 0 Å². The third-order valence-corrected chi connectivity index (χ3v) is 7.26. The Kier molecular flexibility index (Phi) is 6.04. The van der Waals surface area contributed by atoms with Crippen LogP contribution in [0.3, 0.4) is 0 Å². The van der Waals surface area contributed by atoms with Gasteiger partial charge in [0.05, 0.1) is 18.5 Å². The van der Waals surface area contributed by atoms with Crippen LogP contribution in [0, 0.1) is 16.7 Å². The van der Waals surface area contributed by atoms with E-state index in [0.717, 1.165) is 53.9 Å². The Morgan fingerprint density at radius 3 is 2.78 bits per heavy atom. The van der Waals surface area contributed by atoms with Crippen molar-refractivity contribution in [2.75, 3.05) is 29.0 Å². The molecule has 2 aromatic heterocycles. The number of anilines is 2. The van der Waals surface area contributed by atoms with Gasteiger partial charge in [0.1, 0.15) is 30.6 Å². The van der Waals surface area contributed by atoms with Crippen molar-refractivity contribution in [3.05, 3.63) is 59.3 Å². The largest absolute Gasteiger partial charge is 0.491 e. The Morgan fingerprint density at radius 1 is 1.17 bits per heavy atom. The van der Waals surface area contributed by atoms with E-state index in [1.54, 1.807) is 18.6 Å². The van der Waals surface area contributed by atoms with Crippen molar-refractivity contribution in [3.63, 3.8) is 0 Å². The standard InChI is InChI=1S/C26H28N6O3S/c1-26(2)7-6-21-20(12-26)25(30-16-29-21)32-8-9-35-24-5-4-17(10-19(24)15-32)18-11-22(31-36(3,33)34)23(13-27)28-14-18/h4-5,10-11,14,16,31H,6-9,12,15H2,1-3H3. The number of nitrogens with one attached hydrogen (secondary N) is 1. The molecule has 2 aliphatic rings. The van der Waals surface area contributed by atoms with Crippen molar-refractivity contribution in [1.82, 2.24) is 15.0 Å². The van der Waals surface area contributed by atoms with Crippen molar-refractivity contribution < 1.29 is 13.2 Å². The second-order valence-electron chi connectivity index (χ2n) is 10.2. The summed E-state index contributed by atoms with van der Waals surface area (Å²) in [7, 11) is -3.56. The highest BCUT2D eigenvalue weighted by Crippen LogP contribution is 2.39. The Morgan fingerprint density at radius 2 is 2.00 bits per heavy atom. The highest BCUT2D eigenvalue weighted by atomic mass is 32.2. The van der Waals surface area contributed by atoms with Gasteiger partial charge in [0.2, 0.25) is 10.0 Å². The molecule has 5 rings (SSSR count). The van der Waals surface area contributed by atoms with Crippen LogP contribution in [0.5, 0.6) is 5.75 Å². The zero-order valence-electron chi connectivity index (χ0n) is 20.6. The molecular formula is C26H28N6O3S. The van der Waals surface area contributed by atoms with Crippen LogP contribution in [0.2, 0.25) is 0 Å². The molecule has 3 heterocycles. The Balaban J connectivity index is 1.50. The van der Waals surface area contributed by atoms with Gasteiger partial charge in [0, 0.05) is 35.1 Å². The van der Waals surface area contributed by atoms with E-state index in [2.05, 4.69) is 33.4 Å². The summed E-state index contributed by atoms with van der Waals surface area (Å²) in [6.45, 7) is 6.44. The number of nitriles is 1. The second-order valence-corrected chi connectivity index (χ2v) is 11.9. The molecule has 0 spiro atoms. The van der Waals surface area contributed by atoms with E-state index >= 15 is 0 Å². The van der Waals surface area contributed by atoms with Crippen LogP contribution in [0.1, 0.15) is 42.8 Å². The maximum absolute atomic E-state index is 11.8. The Labute approximate surface area is 211 Å². The van der Waals surface area contributed by atoms with E-state index in [1.807, 2.05) is 24.3 Å². The van der Waals surface area contributed by atoms with Crippen LogP contribution in [0.4, 0.5) is 11.5 Å². The number of sulfonamides is 1. The predicted octanol–water partition coefficient (Wildman–Crippen LogP) is 3.70. The molecule has 0 radical (unpaired) electrons. The second kappa shape index (κ2) is 9.06. The monoisotopic (exact) mass is 504 g/mol. The minimum absolute atomic E-state index is 0.0184. The molecule has 10 heteroatoms. The molecule has 1 N–H and O–H groups in total. The zero-order chi connectivity index (χ0) is 25.5. The van der Waals surface area contributed by atoms with Gasteiger partial charge < -0.3 is 9.64 Å².